The van der Waals surface area contributed by atoms with Crippen molar-refractivity contribution in [3.63, 3.8) is 0 Å². The smallest absolute Gasteiger partial charge is 0.341 e. The summed E-state index contributed by atoms with van der Waals surface area (Å²) in [6, 6.07) is 11.7. The zero-order chi connectivity index (χ0) is 16.9. The Hall–Kier alpha value is -2.01. The van der Waals surface area contributed by atoms with Crippen LogP contribution in [-0.2, 0) is 25.6 Å². The van der Waals surface area contributed by atoms with Crippen LogP contribution in [0.4, 0.5) is 0 Å². The van der Waals surface area contributed by atoms with E-state index in [9.17, 15) is 19.4 Å². The van der Waals surface area contributed by atoms with Crippen LogP contribution >= 0.6 is 7.60 Å². The highest BCUT2D eigenvalue weighted by atomic mass is 31.2. The minimum Gasteiger partial charge on any atom is -0.479 e. The molecule has 0 saturated carbocycles. The molecular formula is C16H18NO5P. The molecule has 6 nitrogen and oxygen atoms in total. The first-order valence-corrected chi connectivity index (χ1v) is 8.86. The first kappa shape index (κ1) is 17.3. The zero-order valence-corrected chi connectivity index (χ0v) is 13.5. The Balaban J connectivity index is 2.34. The fourth-order valence-electron chi connectivity index (χ4n) is 2.33. The number of nitrogens with zero attached hydrogens (tertiary/aromatic N) is 1. The van der Waals surface area contributed by atoms with Gasteiger partial charge < -0.3 is 10.00 Å². The highest BCUT2D eigenvalue weighted by molar-refractivity contribution is 7.52. The first-order chi connectivity index (χ1) is 10.9. The van der Waals surface area contributed by atoms with E-state index in [1.807, 2.05) is 0 Å². The van der Waals surface area contributed by atoms with Crippen molar-refractivity contribution < 1.29 is 23.9 Å². The molecule has 23 heavy (non-hydrogen) atoms. The van der Waals surface area contributed by atoms with Gasteiger partial charge in [0.05, 0.1) is 6.16 Å². The van der Waals surface area contributed by atoms with Gasteiger partial charge in [-0.05, 0) is 18.1 Å². The number of benzene rings is 1. The van der Waals surface area contributed by atoms with Crippen molar-refractivity contribution in [2.24, 2.45) is 0 Å². The van der Waals surface area contributed by atoms with Crippen molar-refractivity contribution in [3.8, 4) is 0 Å². The summed E-state index contributed by atoms with van der Waals surface area (Å²) >= 11 is 0. The van der Waals surface area contributed by atoms with E-state index in [-0.39, 0.29) is 18.1 Å². The van der Waals surface area contributed by atoms with E-state index in [0.717, 1.165) is 0 Å². The van der Waals surface area contributed by atoms with Crippen LogP contribution in [0.1, 0.15) is 24.5 Å². The van der Waals surface area contributed by atoms with E-state index >= 15 is 0 Å². The zero-order valence-electron chi connectivity index (χ0n) is 12.6. The Morgan fingerprint density at radius 2 is 1.96 bits per heavy atom. The SMILES string of the molecule is CCC(OP(=O)(O)Cc1ccccc1)(C(=O)O)c1cccnc1. The summed E-state index contributed by atoms with van der Waals surface area (Å²) < 4.78 is 17.8. The van der Waals surface area contributed by atoms with Gasteiger partial charge in [-0.1, -0.05) is 43.3 Å². The molecule has 2 unspecified atom stereocenters. The third kappa shape index (κ3) is 4.05. The third-order valence-corrected chi connectivity index (χ3v) is 4.86. The number of carboxylic acid groups (broad SMARTS) is 1. The quantitative estimate of drug-likeness (QED) is 0.754. The maximum Gasteiger partial charge on any atom is 0.341 e. The average Bonchev–Trinajstić information content (AvgIpc) is 2.53. The molecular weight excluding hydrogens is 317 g/mol. The second-order valence-electron chi connectivity index (χ2n) is 5.10. The van der Waals surface area contributed by atoms with Gasteiger partial charge >= 0.3 is 13.6 Å². The highest BCUT2D eigenvalue weighted by Crippen LogP contribution is 2.52. The summed E-state index contributed by atoms with van der Waals surface area (Å²) in [4.78, 5) is 25.9. The van der Waals surface area contributed by atoms with Gasteiger partial charge in [-0.25, -0.2) is 4.79 Å². The van der Waals surface area contributed by atoms with E-state index in [1.165, 1.54) is 18.5 Å². The van der Waals surface area contributed by atoms with E-state index in [4.69, 9.17) is 4.52 Å². The van der Waals surface area contributed by atoms with Crippen molar-refractivity contribution in [2.75, 3.05) is 0 Å². The molecule has 2 atom stereocenters. The normalized spacial score (nSPS) is 16.3. The molecule has 0 spiro atoms. The van der Waals surface area contributed by atoms with Crippen LogP contribution in [0.15, 0.2) is 54.9 Å². The fourth-order valence-corrected chi connectivity index (χ4v) is 3.86. The lowest BCUT2D eigenvalue weighted by Gasteiger charge is -2.30. The maximum atomic E-state index is 12.5. The minimum atomic E-state index is -4.18. The van der Waals surface area contributed by atoms with Crippen molar-refractivity contribution >= 4 is 13.6 Å². The molecule has 0 saturated heterocycles. The van der Waals surface area contributed by atoms with Crippen molar-refractivity contribution in [1.29, 1.82) is 0 Å². The molecule has 2 N–H and O–H groups in total. The van der Waals surface area contributed by atoms with E-state index in [1.54, 1.807) is 43.3 Å². The largest absolute Gasteiger partial charge is 0.479 e. The van der Waals surface area contributed by atoms with Crippen LogP contribution in [0.2, 0.25) is 0 Å². The Morgan fingerprint density at radius 1 is 1.26 bits per heavy atom. The number of hydrogen-bond acceptors (Lipinski definition) is 4. The van der Waals surface area contributed by atoms with Crippen LogP contribution in [0.5, 0.6) is 0 Å². The van der Waals surface area contributed by atoms with Crippen LogP contribution in [0, 0.1) is 0 Å². The molecule has 7 heteroatoms. The van der Waals surface area contributed by atoms with Crippen molar-refractivity contribution in [2.45, 2.75) is 25.1 Å². The second kappa shape index (κ2) is 7.04. The van der Waals surface area contributed by atoms with Crippen LogP contribution in [-0.4, -0.2) is 21.0 Å². The molecule has 0 fully saturated rings. The fraction of sp³-hybridized carbons (Fsp3) is 0.250. The number of aromatic nitrogens is 1. The maximum absolute atomic E-state index is 12.5. The molecule has 1 aromatic heterocycles. The van der Waals surface area contributed by atoms with Crippen LogP contribution < -0.4 is 0 Å². The van der Waals surface area contributed by atoms with Crippen LogP contribution in [0.25, 0.3) is 0 Å². The molecule has 0 amide bonds. The Morgan fingerprint density at radius 3 is 2.48 bits per heavy atom. The summed E-state index contributed by atoms with van der Waals surface area (Å²) in [5.74, 6) is -1.32. The average molecular weight is 335 g/mol. The standard InChI is InChI=1S/C16H18NO5P/c1-2-16(15(18)19,14-9-6-10-17-11-14)22-23(20,21)12-13-7-4-3-5-8-13/h3-11H,2,12H2,1H3,(H,18,19)(H,20,21). The number of carboxylic acids is 1. The Bertz CT molecular complexity index is 707. The highest BCUT2D eigenvalue weighted by Gasteiger charge is 2.45. The van der Waals surface area contributed by atoms with E-state index < -0.39 is 19.2 Å². The van der Waals surface area contributed by atoms with E-state index in [0.29, 0.717) is 5.56 Å². The molecule has 122 valence electrons. The predicted octanol–water partition coefficient (Wildman–Crippen LogP) is 3.17. The summed E-state index contributed by atoms with van der Waals surface area (Å²) in [6.07, 6.45) is 2.56. The molecule has 1 heterocycles. The summed E-state index contributed by atoms with van der Waals surface area (Å²) in [7, 11) is -4.18. The van der Waals surface area contributed by atoms with Gasteiger partial charge in [0.1, 0.15) is 0 Å². The Labute approximate surface area is 134 Å². The number of pyridine rings is 1. The number of carbonyl (C=O) groups is 1. The third-order valence-electron chi connectivity index (χ3n) is 3.49. The number of rotatable bonds is 7. The van der Waals surface area contributed by atoms with Gasteiger partial charge in [0.15, 0.2) is 0 Å². The van der Waals surface area contributed by atoms with E-state index in [2.05, 4.69) is 4.98 Å². The van der Waals surface area contributed by atoms with Crippen molar-refractivity contribution in [1.82, 2.24) is 4.98 Å². The van der Waals surface area contributed by atoms with Gasteiger partial charge in [-0.3, -0.25) is 14.1 Å². The van der Waals surface area contributed by atoms with Gasteiger partial charge in [0, 0.05) is 18.0 Å². The monoisotopic (exact) mass is 335 g/mol. The predicted molar refractivity (Wildman–Crippen MR) is 84.9 cm³/mol. The molecule has 0 bridgehead atoms. The molecule has 0 aliphatic heterocycles. The summed E-state index contributed by atoms with van der Waals surface area (Å²) in [6.45, 7) is 1.59. The topological polar surface area (TPSA) is 96.7 Å². The molecule has 1 aromatic carbocycles. The minimum absolute atomic E-state index is 0.00658. The molecule has 2 aromatic rings. The first-order valence-electron chi connectivity index (χ1n) is 7.10. The van der Waals surface area contributed by atoms with Gasteiger partial charge in [0.25, 0.3) is 0 Å². The van der Waals surface area contributed by atoms with Gasteiger partial charge in [-0.15, -0.1) is 0 Å². The lowest BCUT2D eigenvalue weighted by molar-refractivity contribution is -0.157. The molecule has 0 aliphatic carbocycles. The van der Waals surface area contributed by atoms with Crippen LogP contribution in [0.3, 0.4) is 0 Å². The Kier molecular flexibility index (Phi) is 5.31. The van der Waals surface area contributed by atoms with Gasteiger partial charge in [0.2, 0.25) is 5.60 Å². The molecule has 0 radical (unpaired) electrons. The number of aliphatic carboxylic acids is 1. The summed E-state index contributed by atoms with van der Waals surface area (Å²) in [5.41, 5.74) is -1.08. The molecule has 0 aliphatic rings. The van der Waals surface area contributed by atoms with Crippen molar-refractivity contribution in [3.05, 3.63) is 66.0 Å². The lowest BCUT2D eigenvalue weighted by Crippen LogP contribution is -2.37. The number of hydrogen-bond donors (Lipinski definition) is 2. The lowest BCUT2D eigenvalue weighted by atomic mass is 9.93. The summed E-state index contributed by atoms with van der Waals surface area (Å²) in [5, 5.41) is 9.62. The van der Waals surface area contributed by atoms with Gasteiger partial charge in [-0.2, -0.15) is 0 Å². The molecule has 2 rings (SSSR count). The second-order valence-corrected chi connectivity index (χ2v) is 6.87.